The normalized spacial score (nSPS) is 12.9. The molecule has 1 aliphatic rings. The molecule has 1 amide bonds. The molecule has 0 fully saturated rings. The summed E-state index contributed by atoms with van der Waals surface area (Å²) in [4.78, 5) is 20.8. The third kappa shape index (κ3) is 4.35. The van der Waals surface area contributed by atoms with Gasteiger partial charge in [-0.1, -0.05) is 36.4 Å². The summed E-state index contributed by atoms with van der Waals surface area (Å²) in [5.41, 5.74) is 5.19. The van der Waals surface area contributed by atoms with E-state index in [9.17, 15) is 4.79 Å². The SMILES string of the molecule is O=C(NCCOc1ncc(-c2ccccc2)cn1)c1ccc2c(c1)CCNC2. The summed E-state index contributed by atoms with van der Waals surface area (Å²) >= 11 is 0. The van der Waals surface area contributed by atoms with Gasteiger partial charge < -0.3 is 15.4 Å². The lowest BCUT2D eigenvalue weighted by atomic mass is 9.98. The molecule has 3 aromatic rings. The van der Waals surface area contributed by atoms with E-state index in [1.165, 1.54) is 11.1 Å². The van der Waals surface area contributed by atoms with Crippen LogP contribution in [0.2, 0.25) is 0 Å². The fourth-order valence-electron chi connectivity index (χ4n) is 3.20. The number of amides is 1. The first kappa shape index (κ1) is 18.1. The van der Waals surface area contributed by atoms with Gasteiger partial charge in [0, 0.05) is 30.1 Å². The average Bonchev–Trinajstić information content (AvgIpc) is 2.77. The number of carbonyl (C=O) groups excluding carboxylic acids is 1. The third-order valence-corrected chi connectivity index (χ3v) is 4.71. The van der Waals surface area contributed by atoms with Crippen molar-refractivity contribution in [2.24, 2.45) is 0 Å². The Morgan fingerprint density at radius 3 is 2.68 bits per heavy atom. The number of hydrogen-bond acceptors (Lipinski definition) is 5. The molecule has 6 heteroatoms. The Kier molecular flexibility index (Phi) is 5.58. The molecule has 1 aromatic heterocycles. The van der Waals surface area contributed by atoms with Gasteiger partial charge in [-0.05, 0) is 41.8 Å². The van der Waals surface area contributed by atoms with Gasteiger partial charge in [0.15, 0.2) is 0 Å². The van der Waals surface area contributed by atoms with Gasteiger partial charge in [-0.25, -0.2) is 9.97 Å². The summed E-state index contributed by atoms with van der Waals surface area (Å²) in [5.74, 6) is -0.0923. The molecule has 0 spiro atoms. The van der Waals surface area contributed by atoms with Crippen molar-refractivity contribution >= 4 is 5.91 Å². The number of ether oxygens (including phenoxy) is 1. The van der Waals surface area contributed by atoms with Crippen LogP contribution < -0.4 is 15.4 Å². The van der Waals surface area contributed by atoms with Crippen LogP contribution in [-0.2, 0) is 13.0 Å². The highest BCUT2D eigenvalue weighted by atomic mass is 16.5. The Labute approximate surface area is 164 Å². The zero-order valence-corrected chi connectivity index (χ0v) is 15.5. The largest absolute Gasteiger partial charge is 0.462 e. The first-order chi connectivity index (χ1) is 13.8. The van der Waals surface area contributed by atoms with Crippen molar-refractivity contribution in [2.45, 2.75) is 13.0 Å². The first-order valence-electron chi connectivity index (χ1n) is 9.40. The van der Waals surface area contributed by atoms with Crippen molar-refractivity contribution in [1.29, 1.82) is 0 Å². The number of benzene rings is 2. The topological polar surface area (TPSA) is 76.1 Å². The third-order valence-electron chi connectivity index (χ3n) is 4.71. The second kappa shape index (κ2) is 8.63. The van der Waals surface area contributed by atoms with Gasteiger partial charge in [0.25, 0.3) is 5.91 Å². The van der Waals surface area contributed by atoms with E-state index in [1.54, 1.807) is 12.4 Å². The molecule has 0 bridgehead atoms. The van der Waals surface area contributed by atoms with Crippen molar-refractivity contribution in [2.75, 3.05) is 19.7 Å². The highest BCUT2D eigenvalue weighted by Crippen LogP contribution is 2.18. The number of nitrogens with one attached hydrogen (secondary N) is 2. The molecule has 4 rings (SSSR count). The number of fused-ring (bicyclic) bond motifs is 1. The Morgan fingerprint density at radius 1 is 1.04 bits per heavy atom. The lowest BCUT2D eigenvalue weighted by Crippen LogP contribution is -2.29. The van der Waals surface area contributed by atoms with E-state index in [0.717, 1.165) is 30.6 Å². The summed E-state index contributed by atoms with van der Waals surface area (Å²) in [5, 5.41) is 6.21. The van der Waals surface area contributed by atoms with Crippen molar-refractivity contribution < 1.29 is 9.53 Å². The number of carbonyl (C=O) groups is 1. The van der Waals surface area contributed by atoms with Gasteiger partial charge in [-0.2, -0.15) is 0 Å². The van der Waals surface area contributed by atoms with E-state index in [0.29, 0.717) is 24.7 Å². The van der Waals surface area contributed by atoms with E-state index < -0.39 is 0 Å². The Bertz CT molecular complexity index is 943. The maximum absolute atomic E-state index is 12.3. The molecule has 2 N–H and O–H groups in total. The number of nitrogens with zero attached hydrogens (tertiary/aromatic N) is 2. The molecular weight excluding hydrogens is 352 g/mol. The standard InChI is InChI=1S/C22H22N4O2/c27-21(18-6-7-19-13-23-9-8-17(19)12-18)24-10-11-28-22-25-14-20(15-26-22)16-4-2-1-3-5-16/h1-7,12,14-15,23H,8-11,13H2,(H,24,27). The minimum Gasteiger partial charge on any atom is -0.462 e. The smallest absolute Gasteiger partial charge is 0.316 e. The molecule has 1 aliphatic heterocycles. The van der Waals surface area contributed by atoms with Crippen LogP contribution in [0.1, 0.15) is 21.5 Å². The van der Waals surface area contributed by atoms with E-state index >= 15 is 0 Å². The Hall–Kier alpha value is -3.25. The monoisotopic (exact) mass is 374 g/mol. The summed E-state index contributed by atoms with van der Waals surface area (Å²) in [6.45, 7) is 2.52. The quantitative estimate of drug-likeness (QED) is 0.649. The molecule has 2 aromatic carbocycles. The molecule has 0 saturated heterocycles. The summed E-state index contributed by atoms with van der Waals surface area (Å²) < 4.78 is 5.53. The molecule has 0 aliphatic carbocycles. The Balaban J connectivity index is 1.26. The minimum absolute atomic E-state index is 0.0923. The second-order valence-electron chi connectivity index (χ2n) is 6.63. The average molecular weight is 374 g/mol. The predicted molar refractivity (Wildman–Crippen MR) is 107 cm³/mol. The lowest BCUT2D eigenvalue weighted by Gasteiger charge is -2.17. The van der Waals surface area contributed by atoms with Gasteiger partial charge in [0.1, 0.15) is 6.61 Å². The minimum atomic E-state index is -0.0923. The van der Waals surface area contributed by atoms with Gasteiger partial charge in [0.2, 0.25) is 0 Å². The molecule has 0 radical (unpaired) electrons. The zero-order valence-electron chi connectivity index (χ0n) is 15.5. The van der Waals surface area contributed by atoms with Crippen molar-refractivity contribution in [3.8, 4) is 17.1 Å². The maximum Gasteiger partial charge on any atom is 0.316 e. The van der Waals surface area contributed by atoms with E-state index in [4.69, 9.17) is 4.74 Å². The second-order valence-corrected chi connectivity index (χ2v) is 6.63. The molecular formula is C22H22N4O2. The summed E-state index contributed by atoms with van der Waals surface area (Å²) in [6.07, 6.45) is 4.42. The summed E-state index contributed by atoms with van der Waals surface area (Å²) in [6, 6.07) is 16.1. The molecule has 142 valence electrons. The highest BCUT2D eigenvalue weighted by molar-refractivity contribution is 5.94. The lowest BCUT2D eigenvalue weighted by molar-refractivity contribution is 0.0946. The van der Waals surface area contributed by atoms with Crippen LogP contribution in [0.15, 0.2) is 60.9 Å². The zero-order chi connectivity index (χ0) is 19.2. The fraction of sp³-hybridized carbons (Fsp3) is 0.227. The summed E-state index contributed by atoms with van der Waals surface area (Å²) in [7, 11) is 0. The first-order valence-corrected chi connectivity index (χ1v) is 9.40. The number of aromatic nitrogens is 2. The van der Waals surface area contributed by atoms with E-state index in [2.05, 4.69) is 20.6 Å². The maximum atomic E-state index is 12.3. The number of rotatable bonds is 6. The van der Waals surface area contributed by atoms with Crippen molar-refractivity contribution in [3.63, 3.8) is 0 Å². The molecule has 0 unspecified atom stereocenters. The van der Waals surface area contributed by atoms with Gasteiger partial charge in [-0.15, -0.1) is 0 Å². The van der Waals surface area contributed by atoms with Crippen LogP contribution in [-0.4, -0.2) is 35.6 Å². The van der Waals surface area contributed by atoms with Crippen LogP contribution >= 0.6 is 0 Å². The Morgan fingerprint density at radius 2 is 1.86 bits per heavy atom. The van der Waals surface area contributed by atoms with E-state index in [-0.39, 0.29) is 5.91 Å². The molecule has 0 saturated carbocycles. The van der Waals surface area contributed by atoms with Crippen LogP contribution in [0, 0.1) is 0 Å². The number of hydrogen-bond donors (Lipinski definition) is 2. The molecule has 2 heterocycles. The van der Waals surface area contributed by atoms with Crippen LogP contribution in [0.3, 0.4) is 0 Å². The van der Waals surface area contributed by atoms with Crippen LogP contribution in [0.4, 0.5) is 0 Å². The van der Waals surface area contributed by atoms with Crippen molar-refractivity contribution in [1.82, 2.24) is 20.6 Å². The van der Waals surface area contributed by atoms with Crippen molar-refractivity contribution in [3.05, 3.63) is 77.6 Å². The highest BCUT2D eigenvalue weighted by Gasteiger charge is 2.12. The van der Waals surface area contributed by atoms with Crippen LogP contribution in [0.25, 0.3) is 11.1 Å². The van der Waals surface area contributed by atoms with E-state index in [1.807, 2.05) is 48.5 Å². The van der Waals surface area contributed by atoms with Crippen LogP contribution in [0.5, 0.6) is 6.01 Å². The van der Waals surface area contributed by atoms with Gasteiger partial charge in [0.05, 0.1) is 6.54 Å². The molecule has 0 atom stereocenters. The predicted octanol–water partition coefficient (Wildman–Crippen LogP) is 2.60. The molecule has 6 nitrogen and oxygen atoms in total. The molecule has 28 heavy (non-hydrogen) atoms. The van der Waals surface area contributed by atoms with Gasteiger partial charge in [-0.3, -0.25) is 4.79 Å². The van der Waals surface area contributed by atoms with Gasteiger partial charge >= 0.3 is 6.01 Å². The fourth-order valence-corrected chi connectivity index (χ4v) is 3.20.